The first-order valence-electron chi connectivity index (χ1n) is 4.23. The molecule has 0 aliphatic carbocycles. The first kappa shape index (κ1) is 10.3. The van der Waals surface area contributed by atoms with Crippen molar-refractivity contribution < 1.29 is 4.74 Å². The molecule has 0 aliphatic heterocycles. The van der Waals surface area contributed by atoms with E-state index in [0.29, 0.717) is 5.13 Å². The van der Waals surface area contributed by atoms with Crippen molar-refractivity contribution in [3.8, 4) is 0 Å². The van der Waals surface area contributed by atoms with Crippen LogP contribution in [0.3, 0.4) is 0 Å². The number of thiazole rings is 1. The van der Waals surface area contributed by atoms with E-state index in [4.69, 9.17) is 10.5 Å². The Balaban J connectivity index is 2.56. The van der Waals surface area contributed by atoms with E-state index in [0.717, 1.165) is 24.7 Å². The summed E-state index contributed by atoms with van der Waals surface area (Å²) in [7, 11) is 1.70. The Morgan fingerprint density at radius 1 is 1.69 bits per heavy atom. The minimum absolute atomic E-state index is 0.617. The average molecular weight is 201 g/mol. The van der Waals surface area contributed by atoms with Gasteiger partial charge in [0.15, 0.2) is 5.13 Å². The van der Waals surface area contributed by atoms with Gasteiger partial charge in [0.1, 0.15) is 5.00 Å². The molecule has 2 N–H and O–H groups in total. The minimum atomic E-state index is 0.617. The molecule has 0 saturated heterocycles. The Labute approximate surface area is 82.3 Å². The first-order chi connectivity index (χ1) is 6.27. The fraction of sp³-hybridized carbons (Fsp3) is 0.625. The van der Waals surface area contributed by atoms with Crippen LogP contribution < -0.4 is 10.6 Å². The standard InChI is InChI=1S/C8H15N3OS/c1-3-11(4-5-12-2)7-6-10-8(9)13-7/h6H,3-5H2,1-2H3,(H2,9,10). The van der Waals surface area contributed by atoms with Crippen LogP contribution in [0.15, 0.2) is 6.20 Å². The molecule has 74 valence electrons. The van der Waals surface area contributed by atoms with Gasteiger partial charge in [0.2, 0.25) is 0 Å². The molecule has 0 fully saturated rings. The van der Waals surface area contributed by atoms with Crippen LogP contribution in [-0.4, -0.2) is 31.8 Å². The number of ether oxygens (including phenoxy) is 1. The lowest BCUT2D eigenvalue weighted by molar-refractivity contribution is 0.205. The third-order valence-electron chi connectivity index (χ3n) is 1.77. The zero-order chi connectivity index (χ0) is 9.68. The van der Waals surface area contributed by atoms with Crippen molar-refractivity contribution in [2.75, 3.05) is 37.4 Å². The molecule has 0 aromatic carbocycles. The van der Waals surface area contributed by atoms with Gasteiger partial charge in [-0.1, -0.05) is 11.3 Å². The molecule has 0 radical (unpaired) electrons. The summed E-state index contributed by atoms with van der Waals surface area (Å²) in [4.78, 5) is 6.20. The van der Waals surface area contributed by atoms with Crippen molar-refractivity contribution in [3.63, 3.8) is 0 Å². The zero-order valence-electron chi connectivity index (χ0n) is 7.99. The molecule has 0 atom stereocenters. The molecule has 0 aliphatic rings. The molecule has 0 saturated carbocycles. The van der Waals surface area contributed by atoms with E-state index in [-0.39, 0.29) is 0 Å². The largest absolute Gasteiger partial charge is 0.383 e. The van der Waals surface area contributed by atoms with Gasteiger partial charge < -0.3 is 15.4 Å². The molecule has 0 unspecified atom stereocenters. The lowest BCUT2D eigenvalue weighted by Crippen LogP contribution is -2.25. The third kappa shape index (κ3) is 2.86. The highest BCUT2D eigenvalue weighted by Crippen LogP contribution is 2.24. The Kier molecular flexibility index (Phi) is 3.98. The lowest BCUT2D eigenvalue weighted by Gasteiger charge is -2.19. The average Bonchev–Trinajstić information content (AvgIpc) is 2.54. The van der Waals surface area contributed by atoms with Gasteiger partial charge in [0.05, 0.1) is 12.8 Å². The zero-order valence-corrected chi connectivity index (χ0v) is 8.80. The summed E-state index contributed by atoms with van der Waals surface area (Å²) in [6.45, 7) is 4.66. The van der Waals surface area contributed by atoms with E-state index in [1.165, 1.54) is 11.3 Å². The number of nitrogens with zero attached hydrogens (tertiary/aromatic N) is 2. The van der Waals surface area contributed by atoms with Crippen LogP contribution >= 0.6 is 11.3 Å². The molecule has 1 heterocycles. The van der Waals surface area contributed by atoms with Crippen LogP contribution in [0.1, 0.15) is 6.92 Å². The fourth-order valence-electron chi connectivity index (χ4n) is 1.05. The SMILES string of the molecule is CCN(CCOC)c1cnc(N)s1. The quantitative estimate of drug-likeness (QED) is 0.777. The number of methoxy groups -OCH3 is 1. The normalized spacial score (nSPS) is 10.3. The number of hydrogen-bond acceptors (Lipinski definition) is 5. The summed E-state index contributed by atoms with van der Waals surface area (Å²) in [5.74, 6) is 0. The fourth-order valence-corrected chi connectivity index (χ4v) is 1.83. The number of nitrogens with two attached hydrogens (primary N) is 1. The van der Waals surface area contributed by atoms with Gasteiger partial charge in [0, 0.05) is 20.2 Å². The molecule has 0 bridgehead atoms. The highest BCUT2D eigenvalue weighted by Gasteiger charge is 2.06. The molecular weight excluding hydrogens is 186 g/mol. The highest BCUT2D eigenvalue weighted by molar-refractivity contribution is 7.19. The van der Waals surface area contributed by atoms with Crippen LogP contribution in [0.4, 0.5) is 10.1 Å². The van der Waals surface area contributed by atoms with Crippen molar-refractivity contribution in [1.29, 1.82) is 0 Å². The minimum Gasteiger partial charge on any atom is -0.383 e. The van der Waals surface area contributed by atoms with Crippen molar-refractivity contribution in [2.45, 2.75) is 6.92 Å². The maximum Gasteiger partial charge on any atom is 0.181 e. The smallest absolute Gasteiger partial charge is 0.181 e. The summed E-state index contributed by atoms with van der Waals surface area (Å²) in [6.07, 6.45) is 1.80. The van der Waals surface area contributed by atoms with Crippen molar-refractivity contribution in [2.24, 2.45) is 0 Å². The molecule has 0 amide bonds. The Hall–Kier alpha value is -0.810. The Morgan fingerprint density at radius 2 is 2.46 bits per heavy atom. The predicted octanol–water partition coefficient (Wildman–Crippen LogP) is 1.20. The molecule has 4 nitrogen and oxygen atoms in total. The van der Waals surface area contributed by atoms with E-state index in [2.05, 4.69) is 16.8 Å². The molecular formula is C8H15N3OS. The van der Waals surface area contributed by atoms with Gasteiger partial charge in [-0.3, -0.25) is 0 Å². The summed E-state index contributed by atoms with van der Waals surface area (Å²) in [6, 6.07) is 0. The maximum absolute atomic E-state index is 5.55. The summed E-state index contributed by atoms with van der Waals surface area (Å²) in [5, 5.41) is 1.72. The number of aromatic nitrogens is 1. The van der Waals surface area contributed by atoms with Gasteiger partial charge in [0.25, 0.3) is 0 Å². The second kappa shape index (κ2) is 5.04. The molecule has 0 spiro atoms. The molecule has 13 heavy (non-hydrogen) atoms. The van der Waals surface area contributed by atoms with Crippen LogP contribution in [0.25, 0.3) is 0 Å². The first-order valence-corrected chi connectivity index (χ1v) is 5.04. The molecule has 1 rings (SSSR count). The third-order valence-corrected chi connectivity index (χ3v) is 2.66. The number of anilines is 2. The Morgan fingerprint density at radius 3 is 2.92 bits per heavy atom. The van der Waals surface area contributed by atoms with Crippen molar-refractivity contribution in [1.82, 2.24) is 4.98 Å². The van der Waals surface area contributed by atoms with Gasteiger partial charge in [-0.2, -0.15) is 0 Å². The second-order valence-corrected chi connectivity index (χ2v) is 3.65. The summed E-state index contributed by atoms with van der Waals surface area (Å²) >= 11 is 1.51. The predicted molar refractivity (Wildman–Crippen MR) is 56.3 cm³/mol. The van der Waals surface area contributed by atoms with Crippen molar-refractivity contribution in [3.05, 3.63) is 6.20 Å². The lowest BCUT2D eigenvalue weighted by atomic mass is 10.5. The van der Waals surface area contributed by atoms with Crippen molar-refractivity contribution >= 4 is 21.5 Å². The van der Waals surface area contributed by atoms with Crippen LogP contribution in [-0.2, 0) is 4.74 Å². The van der Waals surface area contributed by atoms with Crippen LogP contribution in [0.2, 0.25) is 0 Å². The van der Waals surface area contributed by atoms with Gasteiger partial charge in [-0.15, -0.1) is 0 Å². The summed E-state index contributed by atoms with van der Waals surface area (Å²) in [5.41, 5.74) is 5.55. The topological polar surface area (TPSA) is 51.4 Å². The van der Waals surface area contributed by atoms with E-state index in [1.54, 1.807) is 13.3 Å². The molecule has 5 heteroatoms. The number of nitrogen functional groups attached to an aromatic ring is 1. The second-order valence-electron chi connectivity index (χ2n) is 2.61. The van der Waals surface area contributed by atoms with Gasteiger partial charge >= 0.3 is 0 Å². The monoisotopic (exact) mass is 201 g/mol. The number of hydrogen-bond donors (Lipinski definition) is 1. The van der Waals surface area contributed by atoms with E-state index in [9.17, 15) is 0 Å². The molecule has 1 aromatic rings. The van der Waals surface area contributed by atoms with Crippen LogP contribution in [0.5, 0.6) is 0 Å². The number of rotatable bonds is 5. The van der Waals surface area contributed by atoms with E-state index in [1.807, 2.05) is 0 Å². The Bertz CT molecular complexity index is 251. The van der Waals surface area contributed by atoms with E-state index < -0.39 is 0 Å². The van der Waals surface area contributed by atoms with Gasteiger partial charge in [-0.25, -0.2) is 4.98 Å². The van der Waals surface area contributed by atoms with Gasteiger partial charge in [-0.05, 0) is 6.92 Å². The van der Waals surface area contributed by atoms with E-state index >= 15 is 0 Å². The molecule has 1 aromatic heterocycles. The summed E-state index contributed by atoms with van der Waals surface area (Å²) < 4.78 is 5.01. The number of likely N-dealkylation sites (N-methyl/N-ethyl adjacent to an activating group) is 1. The maximum atomic E-state index is 5.55. The van der Waals surface area contributed by atoms with Crippen LogP contribution in [0, 0.1) is 0 Å². The highest BCUT2D eigenvalue weighted by atomic mass is 32.1.